The van der Waals surface area contributed by atoms with Crippen LogP contribution >= 0.6 is 11.6 Å². The van der Waals surface area contributed by atoms with Gasteiger partial charge in [0.2, 0.25) is 6.79 Å². The highest BCUT2D eigenvalue weighted by atomic mass is 35.5. The standard InChI is InChI=1S/C22H16ClN3O6/c1-12-6-20-24-15(9-21(27)26(20)32-12)10-29-17-5-3-14(23)8-16(17)25-22(28)13-2-4-18-19(7-13)31-11-30-18/h2-9H,10-11H2,1H3,(H,25,28). The molecule has 0 fully saturated rings. The maximum absolute atomic E-state index is 12.8. The lowest BCUT2D eigenvalue weighted by Gasteiger charge is -2.13. The molecule has 3 heterocycles. The number of hydrogen-bond acceptors (Lipinski definition) is 7. The number of fused-ring (bicyclic) bond motifs is 2. The van der Waals surface area contributed by atoms with Crippen LogP contribution in [0.3, 0.4) is 0 Å². The van der Waals surface area contributed by atoms with Gasteiger partial charge < -0.3 is 24.1 Å². The first kappa shape index (κ1) is 20.0. The molecule has 2 aromatic carbocycles. The van der Waals surface area contributed by atoms with E-state index in [2.05, 4.69) is 10.3 Å². The van der Waals surface area contributed by atoms with E-state index in [-0.39, 0.29) is 24.9 Å². The monoisotopic (exact) mass is 453 g/mol. The molecule has 0 bridgehead atoms. The van der Waals surface area contributed by atoms with Crippen LogP contribution in [0.1, 0.15) is 21.8 Å². The molecule has 1 N–H and O–H groups in total. The highest BCUT2D eigenvalue weighted by Gasteiger charge is 2.18. The van der Waals surface area contributed by atoms with Crippen molar-refractivity contribution >= 4 is 28.8 Å². The van der Waals surface area contributed by atoms with Gasteiger partial charge in [-0.2, -0.15) is 0 Å². The number of halogens is 1. The number of carbonyl (C=O) groups is 1. The molecule has 5 rings (SSSR count). The van der Waals surface area contributed by atoms with Crippen molar-refractivity contribution < 1.29 is 23.5 Å². The largest absolute Gasteiger partial charge is 0.485 e. The number of aryl methyl sites for hydroxylation is 1. The number of rotatable bonds is 5. The zero-order valence-electron chi connectivity index (χ0n) is 16.8. The van der Waals surface area contributed by atoms with Gasteiger partial charge in [0.15, 0.2) is 17.1 Å². The number of carbonyl (C=O) groups excluding carboxylic acids is 1. The highest BCUT2D eigenvalue weighted by molar-refractivity contribution is 6.31. The second-order valence-electron chi connectivity index (χ2n) is 7.04. The molecule has 0 spiro atoms. The Morgan fingerprint density at radius 1 is 1.16 bits per heavy atom. The van der Waals surface area contributed by atoms with Gasteiger partial charge in [0.1, 0.15) is 18.1 Å². The van der Waals surface area contributed by atoms with Gasteiger partial charge >= 0.3 is 0 Å². The quantitative estimate of drug-likeness (QED) is 0.490. The van der Waals surface area contributed by atoms with Crippen molar-refractivity contribution in [2.24, 2.45) is 0 Å². The summed E-state index contributed by atoms with van der Waals surface area (Å²) in [5, 5.41) is 3.21. The van der Waals surface area contributed by atoms with Gasteiger partial charge in [-0.15, -0.1) is 4.57 Å². The van der Waals surface area contributed by atoms with Crippen molar-refractivity contribution in [2.45, 2.75) is 13.5 Å². The molecular formula is C22H16ClN3O6. The van der Waals surface area contributed by atoms with Gasteiger partial charge in [0.25, 0.3) is 11.5 Å². The SMILES string of the molecule is Cc1cc2nc(COc3ccc(Cl)cc3NC(=O)c3ccc4c(c3)OCO4)cc(=O)n2o1. The second-order valence-corrected chi connectivity index (χ2v) is 7.47. The van der Waals surface area contributed by atoms with Gasteiger partial charge in [0.05, 0.1) is 11.4 Å². The topological polar surface area (TPSA) is 104 Å². The van der Waals surface area contributed by atoms with Gasteiger partial charge in [-0.3, -0.25) is 9.59 Å². The Morgan fingerprint density at radius 2 is 2.00 bits per heavy atom. The van der Waals surface area contributed by atoms with Crippen molar-refractivity contribution in [2.75, 3.05) is 12.1 Å². The average molecular weight is 454 g/mol. The van der Waals surface area contributed by atoms with Gasteiger partial charge in [-0.05, 0) is 43.3 Å². The van der Waals surface area contributed by atoms with Crippen molar-refractivity contribution in [3.8, 4) is 17.2 Å². The number of ether oxygens (including phenoxy) is 3. The Hall–Kier alpha value is -3.98. The minimum absolute atomic E-state index is 0.00446. The molecule has 2 aromatic heterocycles. The summed E-state index contributed by atoms with van der Waals surface area (Å²) < 4.78 is 22.8. The Morgan fingerprint density at radius 3 is 2.88 bits per heavy atom. The number of anilines is 1. The molecule has 1 amide bonds. The molecule has 0 atom stereocenters. The first-order valence-corrected chi connectivity index (χ1v) is 9.97. The van der Waals surface area contributed by atoms with Crippen LogP contribution in [0.25, 0.3) is 5.65 Å². The van der Waals surface area contributed by atoms with Crippen molar-refractivity contribution in [1.82, 2.24) is 9.56 Å². The van der Waals surface area contributed by atoms with Gasteiger partial charge in [-0.1, -0.05) is 11.6 Å². The first-order valence-electron chi connectivity index (χ1n) is 9.59. The van der Waals surface area contributed by atoms with E-state index in [0.717, 1.165) is 4.57 Å². The number of benzene rings is 2. The third-order valence-electron chi connectivity index (χ3n) is 4.72. The third kappa shape index (κ3) is 3.85. The van der Waals surface area contributed by atoms with Crippen molar-refractivity contribution in [3.63, 3.8) is 0 Å². The molecule has 32 heavy (non-hydrogen) atoms. The van der Waals surface area contributed by atoms with Gasteiger partial charge in [0, 0.05) is 22.7 Å². The summed E-state index contributed by atoms with van der Waals surface area (Å²) >= 11 is 6.12. The van der Waals surface area contributed by atoms with Crippen LogP contribution in [0.2, 0.25) is 5.02 Å². The fourth-order valence-electron chi connectivity index (χ4n) is 3.26. The smallest absolute Gasteiger partial charge is 0.287 e. The van der Waals surface area contributed by atoms with Crippen LogP contribution in [0.5, 0.6) is 17.2 Å². The number of hydrogen-bond donors (Lipinski definition) is 1. The molecular weight excluding hydrogens is 438 g/mol. The maximum atomic E-state index is 12.8. The third-order valence-corrected chi connectivity index (χ3v) is 4.96. The molecule has 9 nitrogen and oxygen atoms in total. The normalized spacial score (nSPS) is 12.2. The molecule has 162 valence electrons. The molecule has 4 aromatic rings. The van der Waals surface area contributed by atoms with Gasteiger partial charge in [-0.25, -0.2) is 4.98 Å². The highest BCUT2D eigenvalue weighted by Crippen LogP contribution is 2.33. The Kier molecular flexibility index (Phi) is 4.95. The number of aromatic nitrogens is 2. The lowest BCUT2D eigenvalue weighted by atomic mass is 10.2. The van der Waals surface area contributed by atoms with E-state index in [1.807, 2.05) is 0 Å². The van der Waals surface area contributed by atoms with Crippen LogP contribution in [-0.4, -0.2) is 22.3 Å². The lowest BCUT2D eigenvalue weighted by molar-refractivity contribution is 0.102. The summed E-state index contributed by atoms with van der Waals surface area (Å²) in [6.07, 6.45) is 0. The van der Waals surface area contributed by atoms with E-state index < -0.39 is 0 Å². The zero-order valence-corrected chi connectivity index (χ0v) is 17.5. The summed E-state index contributed by atoms with van der Waals surface area (Å²) in [5.41, 5.74) is 1.21. The van der Waals surface area contributed by atoms with E-state index in [0.29, 0.717) is 50.6 Å². The van der Waals surface area contributed by atoms with Crippen LogP contribution in [0.15, 0.2) is 57.8 Å². The maximum Gasteiger partial charge on any atom is 0.287 e. The molecule has 0 saturated heterocycles. The summed E-state index contributed by atoms with van der Waals surface area (Å²) in [4.78, 5) is 29.3. The molecule has 0 aliphatic carbocycles. The van der Waals surface area contributed by atoms with Crippen LogP contribution in [0.4, 0.5) is 5.69 Å². The van der Waals surface area contributed by atoms with Crippen molar-refractivity contribution in [3.05, 3.63) is 80.9 Å². The number of amides is 1. The Balaban J connectivity index is 1.36. The molecule has 10 heteroatoms. The Bertz CT molecular complexity index is 1410. The second kappa shape index (κ2) is 7.93. The van der Waals surface area contributed by atoms with Crippen molar-refractivity contribution in [1.29, 1.82) is 0 Å². The summed E-state index contributed by atoms with van der Waals surface area (Å²) in [6.45, 7) is 1.85. The lowest BCUT2D eigenvalue weighted by Crippen LogP contribution is -2.15. The van der Waals surface area contributed by atoms with E-state index in [9.17, 15) is 9.59 Å². The molecule has 0 radical (unpaired) electrons. The summed E-state index contributed by atoms with van der Waals surface area (Å²) in [5.74, 6) is 1.65. The van der Waals surface area contributed by atoms with E-state index >= 15 is 0 Å². The fourth-order valence-corrected chi connectivity index (χ4v) is 3.43. The Labute approximate surface area is 186 Å². The minimum Gasteiger partial charge on any atom is -0.485 e. The van der Waals surface area contributed by atoms with Crippen LogP contribution in [0, 0.1) is 6.92 Å². The van der Waals surface area contributed by atoms with E-state index in [1.54, 1.807) is 49.4 Å². The first-order chi connectivity index (χ1) is 15.5. The predicted octanol–water partition coefficient (Wildman–Crippen LogP) is 3.81. The van der Waals surface area contributed by atoms with Crippen LogP contribution in [-0.2, 0) is 6.61 Å². The average Bonchev–Trinajstić information content (AvgIpc) is 3.38. The summed E-state index contributed by atoms with van der Waals surface area (Å²) in [6, 6.07) is 12.7. The molecule has 0 unspecified atom stereocenters. The number of nitrogens with zero attached hydrogens (tertiary/aromatic N) is 2. The van der Waals surface area contributed by atoms with E-state index in [4.69, 9.17) is 30.3 Å². The molecule has 1 aliphatic rings. The fraction of sp³-hybridized carbons (Fsp3) is 0.136. The molecule has 0 saturated carbocycles. The van der Waals surface area contributed by atoms with E-state index in [1.165, 1.54) is 6.07 Å². The van der Waals surface area contributed by atoms with Crippen LogP contribution < -0.4 is 25.1 Å². The zero-order chi connectivity index (χ0) is 22.2. The minimum atomic E-state index is -0.373. The summed E-state index contributed by atoms with van der Waals surface area (Å²) in [7, 11) is 0. The number of nitrogens with one attached hydrogen (secondary N) is 1. The predicted molar refractivity (Wildman–Crippen MR) is 115 cm³/mol. The molecule has 1 aliphatic heterocycles.